The molecular weight excluding hydrogens is 149 g/mol. The summed E-state index contributed by atoms with van der Waals surface area (Å²) in [6, 6.07) is 10.2. The third-order valence-electron chi connectivity index (χ3n) is 2.03. The van der Waals surface area contributed by atoms with Crippen LogP contribution >= 0.6 is 0 Å². The van der Waals surface area contributed by atoms with Crippen LogP contribution in [0, 0.1) is 0 Å². The van der Waals surface area contributed by atoms with E-state index in [1.54, 1.807) is 0 Å². The molecule has 0 aromatic heterocycles. The quantitative estimate of drug-likeness (QED) is 0.669. The van der Waals surface area contributed by atoms with Crippen LogP contribution in [-0.2, 0) is 4.65 Å². The highest BCUT2D eigenvalue weighted by molar-refractivity contribution is 6.56. The van der Waals surface area contributed by atoms with Gasteiger partial charge in [-0.2, -0.15) is 0 Å². The Morgan fingerprint density at radius 1 is 1.25 bits per heavy atom. The number of benzene rings is 1. The second-order valence-electron chi connectivity index (χ2n) is 3.01. The van der Waals surface area contributed by atoms with Crippen LogP contribution in [-0.4, -0.2) is 13.7 Å². The van der Waals surface area contributed by atoms with Gasteiger partial charge in [0.05, 0.1) is 0 Å². The molecule has 1 aromatic carbocycles. The van der Waals surface area contributed by atoms with Crippen LogP contribution in [0.25, 0.3) is 0 Å². The molecule has 0 unspecified atom stereocenters. The van der Waals surface area contributed by atoms with Gasteiger partial charge in [0, 0.05) is 12.3 Å². The molecule has 0 saturated carbocycles. The number of hydrogen-bond donors (Lipinski definition) is 1. The second kappa shape index (κ2) is 3.63. The van der Waals surface area contributed by atoms with Gasteiger partial charge in [-0.3, -0.25) is 0 Å². The number of rotatable bonds is 2. The molecule has 1 N–H and O–H groups in total. The maximum Gasteiger partial charge on any atom is 0.412 e. The summed E-state index contributed by atoms with van der Waals surface area (Å²) < 4.78 is 5.45. The summed E-state index contributed by atoms with van der Waals surface area (Å²) in [7, 11) is 0.229. The van der Waals surface area contributed by atoms with Crippen molar-refractivity contribution in [1.29, 1.82) is 0 Å². The van der Waals surface area contributed by atoms with Crippen molar-refractivity contribution in [3.05, 3.63) is 30.3 Å². The molecule has 12 heavy (non-hydrogen) atoms. The summed E-state index contributed by atoms with van der Waals surface area (Å²) in [5, 5.41) is 3.32. The number of anilines is 1. The lowest BCUT2D eigenvalue weighted by atomic mass is 9.80. The van der Waals surface area contributed by atoms with E-state index in [0.29, 0.717) is 0 Å². The van der Waals surface area contributed by atoms with E-state index in [0.717, 1.165) is 18.6 Å². The van der Waals surface area contributed by atoms with Crippen LogP contribution in [0.15, 0.2) is 30.3 Å². The van der Waals surface area contributed by atoms with Crippen LogP contribution in [0.4, 0.5) is 5.69 Å². The van der Waals surface area contributed by atoms with Crippen LogP contribution in [0.5, 0.6) is 0 Å². The Kier molecular flexibility index (Phi) is 2.32. The lowest BCUT2D eigenvalue weighted by molar-refractivity contribution is 0.363. The molecule has 2 nitrogen and oxygen atoms in total. The number of nitrogens with one attached hydrogen (secondary N) is 1. The molecule has 0 amide bonds. The molecule has 1 fully saturated rings. The van der Waals surface area contributed by atoms with Crippen LogP contribution in [0.2, 0.25) is 6.32 Å². The predicted molar refractivity (Wildman–Crippen MR) is 51.2 cm³/mol. The molecule has 2 rings (SSSR count). The van der Waals surface area contributed by atoms with Crippen LogP contribution in [0.3, 0.4) is 0 Å². The third-order valence-corrected chi connectivity index (χ3v) is 2.03. The number of para-hydroxylation sites is 1. The fraction of sp³-hybridized carbons (Fsp3) is 0.333. The Labute approximate surface area is 73.1 Å². The van der Waals surface area contributed by atoms with Crippen molar-refractivity contribution < 1.29 is 4.65 Å². The van der Waals surface area contributed by atoms with Crippen LogP contribution < -0.4 is 5.23 Å². The van der Waals surface area contributed by atoms with Gasteiger partial charge in [-0.05, 0) is 24.9 Å². The molecule has 0 bridgehead atoms. The summed E-state index contributed by atoms with van der Waals surface area (Å²) >= 11 is 0. The van der Waals surface area contributed by atoms with Crippen molar-refractivity contribution in [2.24, 2.45) is 0 Å². The van der Waals surface area contributed by atoms with Crippen molar-refractivity contribution in [3.8, 4) is 0 Å². The van der Waals surface area contributed by atoms with Gasteiger partial charge in [0.15, 0.2) is 0 Å². The predicted octanol–water partition coefficient (Wildman–Crippen LogP) is 2.01. The highest BCUT2D eigenvalue weighted by Crippen LogP contribution is 2.13. The van der Waals surface area contributed by atoms with E-state index in [2.05, 4.69) is 17.4 Å². The van der Waals surface area contributed by atoms with E-state index in [9.17, 15) is 0 Å². The van der Waals surface area contributed by atoms with Gasteiger partial charge in [0.2, 0.25) is 0 Å². The second-order valence-corrected chi connectivity index (χ2v) is 3.01. The van der Waals surface area contributed by atoms with Gasteiger partial charge < -0.3 is 9.88 Å². The summed E-state index contributed by atoms with van der Waals surface area (Å²) in [6.07, 6.45) is 2.29. The van der Waals surface area contributed by atoms with Crippen molar-refractivity contribution in [2.75, 3.05) is 11.8 Å². The molecule has 1 heterocycles. The fourth-order valence-electron chi connectivity index (χ4n) is 1.41. The van der Waals surface area contributed by atoms with Gasteiger partial charge in [0.25, 0.3) is 0 Å². The molecule has 1 aliphatic heterocycles. The molecule has 0 aliphatic carbocycles. The first-order chi connectivity index (χ1) is 5.95. The topological polar surface area (TPSA) is 21.3 Å². The molecule has 0 radical (unpaired) electrons. The summed E-state index contributed by atoms with van der Waals surface area (Å²) in [5.41, 5.74) is 1.14. The lowest BCUT2D eigenvalue weighted by Gasteiger charge is -2.08. The first kappa shape index (κ1) is 7.68. The Bertz CT molecular complexity index is 234. The zero-order valence-corrected chi connectivity index (χ0v) is 6.99. The molecule has 62 valence electrons. The monoisotopic (exact) mass is 161 g/mol. The van der Waals surface area contributed by atoms with Gasteiger partial charge in [0.1, 0.15) is 0 Å². The smallest absolute Gasteiger partial charge is 0.412 e. The van der Waals surface area contributed by atoms with Gasteiger partial charge in [-0.1, -0.05) is 18.2 Å². The molecule has 1 aromatic rings. The van der Waals surface area contributed by atoms with E-state index >= 15 is 0 Å². The highest BCUT2D eigenvalue weighted by Gasteiger charge is 2.21. The summed E-state index contributed by atoms with van der Waals surface area (Å²) in [4.78, 5) is 0. The Morgan fingerprint density at radius 3 is 2.75 bits per heavy atom. The number of hydrogen-bond acceptors (Lipinski definition) is 2. The minimum Gasteiger partial charge on any atom is -0.417 e. The normalized spacial score (nSPS) is 16.5. The first-order valence-electron chi connectivity index (χ1n) is 4.38. The van der Waals surface area contributed by atoms with Gasteiger partial charge in [-0.25, -0.2) is 0 Å². The van der Waals surface area contributed by atoms with E-state index in [1.807, 2.05) is 18.2 Å². The summed E-state index contributed by atoms with van der Waals surface area (Å²) in [6.45, 7) is 0.893. The standard InChI is InChI=1S/C9H12BNO/c1-2-5-9(6-3-1)11-10-7-4-8-12-10/h1-3,5-6,11H,4,7-8H2. The van der Waals surface area contributed by atoms with E-state index in [1.165, 1.54) is 6.42 Å². The average Bonchev–Trinajstić information content (AvgIpc) is 2.59. The third kappa shape index (κ3) is 1.80. The van der Waals surface area contributed by atoms with Gasteiger partial charge in [-0.15, -0.1) is 0 Å². The van der Waals surface area contributed by atoms with Gasteiger partial charge >= 0.3 is 7.05 Å². The van der Waals surface area contributed by atoms with Crippen molar-refractivity contribution in [2.45, 2.75) is 12.7 Å². The largest absolute Gasteiger partial charge is 0.417 e. The van der Waals surface area contributed by atoms with Crippen molar-refractivity contribution >= 4 is 12.7 Å². The van der Waals surface area contributed by atoms with Crippen molar-refractivity contribution in [1.82, 2.24) is 0 Å². The van der Waals surface area contributed by atoms with E-state index in [4.69, 9.17) is 4.65 Å². The van der Waals surface area contributed by atoms with E-state index in [-0.39, 0.29) is 7.05 Å². The molecule has 3 heteroatoms. The fourth-order valence-corrected chi connectivity index (χ4v) is 1.41. The minimum atomic E-state index is 0.229. The zero-order valence-electron chi connectivity index (χ0n) is 6.99. The van der Waals surface area contributed by atoms with Crippen LogP contribution in [0.1, 0.15) is 6.42 Å². The van der Waals surface area contributed by atoms with Crippen molar-refractivity contribution in [3.63, 3.8) is 0 Å². The Morgan fingerprint density at radius 2 is 2.08 bits per heavy atom. The SMILES string of the molecule is c1ccc(NB2CCCO2)cc1. The lowest BCUT2D eigenvalue weighted by Crippen LogP contribution is -2.22. The Balaban J connectivity index is 1.94. The molecule has 1 saturated heterocycles. The first-order valence-corrected chi connectivity index (χ1v) is 4.38. The maximum absolute atomic E-state index is 5.45. The average molecular weight is 161 g/mol. The summed E-state index contributed by atoms with van der Waals surface area (Å²) in [5.74, 6) is 0. The Hall–Kier alpha value is -0.955. The zero-order chi connectivity index (χ0) is 8.23. The maximum atomic E-state index is 5.45. The molecule has 0 atom stereocenters. The van der Waals surface area contributed by atoms with E-state index < -0.39 is 0 Å². The highest BCUT2D eigenvalue weighted by atomic mass is 16.4. The molecule has 0 spiro atoms. The molecular formula is C9H12BNO. The molecule has 1 aliphatic rings. The minimum absolute atomic E-state index is 0.229.